The van der Waals surface area contributed by atoms with Crippen LogP contribution in [0.2, 0.25) is 0 Å². The highest BCUT2D eigenvalue weighted by atomic mass is 32.1. The van der Waals surface area contributed by atoms with Crippen LogP contribution in [0.3, 0.4) is 0 Å². The first-order valence-electron chi connectivity index (χ1n) is 10.6. The number of methoxy groups -OCH3 is 1. The number of carbonyl (C=O) groups excluding carboxylic acids is 1. The Balaban J connectivity index is 0.000000158. The van der Waals surface area contributed by atoms with Crippen molar-refractivity contribution in [2.75, 3.05) is 37.4 Å². The first-order chi connectivity index (χ1) is 15.4. The Morgan fingerprint density at radius 2 is 2.19 bits per heavy atom. The van der Waals surface area contributed by atoms with E-state index in [1.165, 1.54) is 11.3 Å². The maximum Gasteiger partial charge on any atom is 0.260 e. The molecule has 0 radical (unpaired) electrons. The number of carbonyl (C=O) groups is 1. The predicted octanol–water partition coefficient (Wildman–Crippen LogP) is 3.66. The number of hydrogen-bond acceptors (Lipinski definition) is 7. The summed E-state index contributed by atoms with van der Waals surface area (Å²) in [6.07, 6.45) is 2.93. The van der Waals surface area contributed by atoms with E-state index in [2.05, 4.69) is 9.88 Å². The van der Waals surface area contributed by atoms with E-state index < -0.39 is 5.91 Å². The number of nitrogens with two attached hydrogens (primary N) is 2. The van der Waals surface area contributed by atoms with Gasteiger partial charge in [0.1, 0.15) is 21.3 Å². The highest BCUT2D eigenvalue weighted by molar-refractivity contribution is 7.21. The Morgan fingerprint density at radius 1 is 1.38 bits per heavy atom. The third kappa shape index (κ3) is 4.49. The number of aryl methyl sites for hydroxylation is 1. The number of primary amides is 1. The highest BCUT2D eigenvalue weighted by Gasteiger charge is 2.25. The standard InChI is InChI=1S/C14H18FNO2.C9H9N3OS/c1-17-11-4-5-16(9-11)10-7-13(15)12-3-2-6-18-14(12)8-10;1-4-2-3-5-6(10)7(8(11)13)14-9(5)12-4/h7-8,11H,2-6,9H2,1H3;2-3H,10H2,1H3,(H2,11,13). The zero-order chi connectivity index (χ0) is 22.8. The van der Waals surface area contributed by atoms with Crippen LogP contribution >= 0.6 is 11.3 Å². The minimum absolute atomic E-state index is 0.136. The number of nitrogen functional groups attached to an aromatic ring is 1. The van der Waals surface area contributed by atoms with E-state index in [-0.39, 0.29) is 11.9 Å². The number of rotatable bonds is 3. The second-order valence-corrected chi connectivity index (χ2v) is 8.96. The van der Waals surface area contributed by atoms with Crippen LogP contribution in [0.4, 0.5) is 15.8 Å². The fourth-order valence-corrected chi connectivity index (χ4v) is 5.00. The molecule has 0 saturated carbocycles. The molecule has 1 amide bonds. The molecular formula is C23H27FN4O3S. The SMILES string of the molecule is COC1CCN(c2cc(F)c3c(c2)OCCC3)C1.Cc1ccc2c(N)c(C(N)=O)sc2n1. The van der Waals surface area contributed by atoms with Crippen molar-refractivity contribution in [2.24, 2.45) is 5.73 Å². The molecule has 5 rings (SSSR count). The van der Waals surface area contributed by atoms with Gasteiger partial charge >= 0.3 is 0 Å². The zero-order valence-corrected chi connectivity index (χ0v) is 19.0. The van der Waals surface area contributed by atoms with Crippen LogP contribution in [0.15, 0.2) is 24.3 Å². The molecule has 32 heavy (non-hydrogen) atoms. The van der Waals surface area contributed by atoms with E-state index in [4.69, 9.17) is 20.9 Å². The monoisotopic (exact) mass is 458 g/mol. The zero-order valence-electron chi connectivity index (χ0n) is 18.2. The Hall–Kier alpha value is -2.91. The van der Waals surface area contributed by atoms with Crippen molar-refractivity contribution >= 4 is 38.8 Å². The lowest BCUT2D eigenvalue weighted by molar-refractivity contribution is 0.100. The highest BCUT2D eigenvalue weighted by Crippen LogP contribution is 2.34. The van der Waals surface area contributed by atoms with Crippen molar-refractivity contribution in [1.82, 2.24) is 4.98 Å². The van der Waals surface area contributed by atoms with Crippen molar-refractivity contribution in [3.05, 3.63) is 46.2 Å². The average Bonchev–Trinajstić information content (AvgIpc) is 3.39. The van der Waals surface area contributed by atoms with E-state index in [1.54, 1.807) is 13.2 Å². The molecule has 4 N–H and O–H groups in total. The molecule has 0 spiro atoms. The van der Waals surface area contributed by atoms with Gasteiger partial charge in [0, 0.05) is 48.6 Å². The Labute approximate surface area is 190 Å². The maximum atomic E-state index is 14.0. The Kier molecular flexibility index (Phi) is 6.48. The minimum atomic E-state index is -0.497. The number of hydrogen-bond donors (Lipinski definition) is 2. The van der Waals surface area contributed by atoms with E-state index in [9.17, 15) is 9.18 Å². The first-order valence-corrected chi connectivity index (χ1v) is 11.4. The van der Waals surface area contributed by atoms with Crippen LogP contribution in [-0.2, 0) is 11.2 Å². The van der Waals surface area contributed by atoms with Gasteiger partial charge in [0.25, 0.3) is 5.91 Å². The summed E-state index contributed by atoms with van der Waals surface area (Å²) in [4.78, 5) is 18.6. The van der Waals surface area contributed by atoms with Crippen molar-refractivity contribution < 1.29 is 18.7 Å². The number of fused-ring (bicyclic) bond motifs is 2. The lowest BCUT2D eigenvalue weighted by atomic mass is 10.0. The second kappa shape index (κ2) is 9.30. The summed E-state index contributed by atoms with van der Waals surface area (Å²) in [6.45, 7) is 4.32. The normalized spacial score (nSPS) is 17.5. The topological polar surface area (TPSA) is 104 Å². The van der Waals surface area contributed by atoms with E-state index in [1.807, 2.05) is 25.1 Å². The predicted molar refractivity (Wildman–Crippen MR) is 125 cm³/mol. The third-order valence-corrected chi connectivity index (χ3v) is 6.90. The number of anilines is 2. The molecule has 3 aromatic rings. The average molecular weight is 459 g/mol. The van der Waals surface area contributed by atoms with Gasteiger partial charge in [0.05, 0.1) is 18.4 Å². The molecule has 9 heteroatoms. The van der Waals surface area contributed by atoms with Gasteiger partial charge in [0.2, 0.25) is 0 Å². The van der Waals surface area contributed by atoms with Crippen molar-refractivity contribution in [2.45, 2.75) is 32.3 Å². The van der Waals surface area contributed by atoms with Crippen molar-refractivity contribution in [3.63, 3.8) is 0 Å². The molecule has 2 aliphatic heterocycles. The number of thiophene rings is 1. The molecule has 0 bridgehead atoms. The van der Waals surface area contributed by atoms with Gasteiger partial charge in [-0.25, -0.2) is 9.37 Å². The molecule has 1 unspecified atom stereocenters. The lowest BCUT2D eigenvalue weighted by Gasteiger charge is -2.23. The number of benzene rings is 1. The second-order valence-electron chi connectivity index (χ2n) is 7.96. The van der Waals surface area contributed by atoms with Crippen molar-refractivity contribution in [1.29, 1.82) is 0 Å². The van der Waals surface area contributed by atoms with Crippen LogP contribution in [-0.4, -0.2) is 43.8 Å². The fourth-order valence-electron chi connectivity index (χ4n) is 4.01. The van der Waals surface area contributed by atoms with Gasteiger partial charge in [-0.15, -0.1) is 11.3 Å². The number of ether oxygens (including phenoxy) is 2. The molecule has 2 aromatic heterocycles. The molecule has 1 atom stereocenters. The molecule has 1 fully saturated rings. The van der Waals surface area contributed by atoms with Gasteiger partial charge in [-0.2, -0.15) is 0 Å². The summed E-state index contributed by atoms with van der Waals surface area (Å²) < 4.78 is 24.9. The summed E-state index contributed by atoms with van der Waals surface area (Å²) in [5.41, 5.74) is 13.9. The van der Waals surface area contributed by atoms with Crippen LogP contribution in [0.5, 0.6) is 5.75 Å². The summed E-state index contributed by atoms with van der Waals surface area (Å²) in [6, 6.07) is 7.31. The molecule has 170 valence electrons. The molecule has 7 nitrogen and oxygen atoms in total. The van der Waals surface area contributed by atoms with Gasteiger partial charge in [-0.3, -0.25) is 4.79 Å². The molecule has 1 saturated heterocycles. The molecular weight excluding hydrogens is 431 g/mol. The molecule has 1 aromatic carbocycles. The van der Waals surface area contributed by atoms with Gasteiger partial charge in [-0.1, -0.05) is 0 Å². The Morgan fingerprint density at radius 3 is 2.91 bits per heavy atom. The van der Waals surface area contributed by atoms with E-state index in [0.717, 1.165) is 65.3 Å². The molecule has 2 aliphatic rings. The first kappa shape index (κ1) is 22.3. The summed E-state index contributed by atoms with van der Waals surface area (Å²) in [7, 11) is 1.73. The maximum absolute atomic E-state index is 14.0. The summed E-state index contributed by atoms with van der Waals surface area (Å²) in [5, 5.41) is 0.800. The largest absolute Gasteiger partial charge is 0.493 e. The quantitative estimate of drug-likeness (QED) is 0.621. The van der Waals surface area contributed by atoms with Crippen LogP contribution in [0.25, 0.3) is 10.2 Å². The van der Waals surface area contributed by atoms with Crippen molar-refractivity contribution in [3.8, 4) is 5.75 Å². The number of aromatic nitrogens is 1. The summed E-state index contributed by atoms with van der Waals surface area (Å²) in [5.74, 6) is 0.0864. The fraction of sp³-hybridized carbons (Fsp3) is 0.391. The Bertz CT molecular complexity index is 1150. The van der Waals surface area contributed by atoms with E-state index >= 15 is 0 Å². The lowest BCUT2D eigenvalue weighted by Crippen LogP contribution is -2.23. The third-order valence-electron chi connectivity index (χ3n) is 5.77. The van der Waals surface area contributed by atoms with E-state index in [0.29, 0.717) is 17.2 Å². The van der Waals surface area contributed by atoms with Crippen LogP contribution < -0.4 is 21.1 Å². The molecule has 0 aliphatic carbocycles. The number of pyridine rings is 1. The van der Waals surface area contributed by atoms with Gasteiger partial charge in [0.15, 0.2) is 0 Å². The smallest absolute Gasteiger partial charge is 0.260 e. The van der Waals surface area contributed by atoms with Crippen LogP contribution in [0, 0.1) is 12.7 Å². The number of amides is 1. The summed E-state index contributed by atoms with van der Waals surface area (Å²) >= 11 is 1.24. The minimum Gasteiger partial charge on any atom is -0.493 e. The number of halogens is 1. The van der Waals surface area contributed by atoms with Gasteiger partial charge in [-0.05, 0) is 44.4 Å². The molecule has 4 heterocycles. The van der Waals surface area contributed by atoms with Gasteiger partial charge < -0.3 is 25.8 Å². The number of nitrogens with zero attached hydrogens (tertiary/aromatic N) is 2. The van der Waals surface area contributed by atoms with Crippen LogP contribution in [0.1, 0.15) is 33.8 Å².